The Morgan fingerprint density at radius 3 is 2.64 bits per heavy atom. The molecule has 0 atom stereocenters. The van der Waals surface area contributed by atoms with Crippen LogP contribution in [0.3, 0.4) is 0 Å². The van der Waals surface area contributed by atoms with Crippen molar-refractivity contribution in [1.82, 2.24) is 9.55 Å². The third-order valence-corrected chi connectivity index (χ3v) is 4.79. The van der Waals surface area contributed by atoms with Crippen LogP contribution < -0.4 is 5.56 Å². The Kier molecular flexibility index (Phi) is 4.99. The highest BCUT2D eigenvalue weighted by Crippen LogP contribution is 2.30. The molecule has 0 aliphatic heterocycles. The average Bonchev–Trinajstić information content (AvgIpc) is 3.01. The number of rotatable bonds is 5. The van der Waals surface area contributed by atoms with Crippen LogP contribution in [0.15, 0.2) is 40.8 Å². The lowest BCUT2D eigenvalue weighted by molar-refractivity contribution is -0.148. The first-order chi connectivity index (χ1) is 12.0. The summed E-state index contributed by atoms with van der Waals surface area (Å²) in [5.41, 5.74) is 2.85. The quantitative estimate of drug-likeness (QED) is 0.655. The Morgan fingerprint density at radius 2 is 2.00 bits per heavy atom. The zero-order valence-corrected chi connectivity index (χ0v) is 15.3. The van der Waals surface area contributed by atoms with Crippen molar-refractivity contribution in [3.8, 4) is 11.1 Å². The molecule has 3 rings (SSSR count). The van der Waals surface area contributed by atoms with Crippen molar-refractivity contribution in [3.63, 3.8) is 0 Å². The van der Waals surface area contributed by atoms with Gasteiger partial charge in [0.25, 0.3) is 5.56 Å². The monoisotopic (exact) mass is 356 g/mol. The predicted octanol–water partition coefficient (Wildman–Crippen LogP) is 3.64. The van der Waals surface area contributed by atoms with Gasteiger partial charge in [-0.3, -0.25) is 14.2 Å². The second-order valence-electron chi connectivity index (χ2n) is 6.10. The Balaban J connectivity index is 2.02. The zero-order valence-electron chi connectivity index (χ0n) is 14.5. The van der Waals surface area contributed by atoms with Gasteiger partial charge in [-0.25, -0.2) is 4.98 Å². The maximum absolute atomic E-state index is 12.8. The van der Waals surface area contributed by atoms with E-state index in [9.17, 15) is 9.59 Å². The predicted molar refractivity (Wildman–Crippen MR) is 99.9 cm³/mol. The number of fused-ring (bicyclic) bond motifs is 1. The average molecular weight is 356 g/mol. The molecule has 1 aromatic carbocycles. The van der Waals surface area contributed by atoms with Gasteiger partial charge < -0.3 is 4.74 Å². The summed E-state index contributed by atoms with van der Waals surface area (Å²) in [7, 11) is 0. The van der Waals surface area contributed by atoms with Gasteiger partial charge in [-0.2, -0.15) is 0 Å². The smallest absolute Gasteiger partial charge is 0.326 e. The molecule has 3 aromatic rings. The van der Waals surface area contributed by atoms with Crippen LogP contribution in [-0.2, 0) is 22.5 Å². The van der Waals surface area contributed by atoms with Crippen molar-refractivity contribution in [3.05, 3.63) is 51.9 Å². The molecule has 2 aromatic heterocycles. The van der Waals surface area contributed by atoms with Crippen LogP contribution in [0.2, 0.25) is 0 Å². The molecule has 25 heavy (non-hydrogen) atoms. The molecule has 5 nitrogen and oxygen atoms in total. The molecule has 0 unspecified atom stereocenters. The third-order valence-electron chi connectivity index (χ3n) is 3.90. The molecular weight excluding hydrogens is 336 g/mol. The van der Waals surface area contributed by atoms with Crippen molar-refractivity contribution in [2.24, 2.45) is 0 Å². The lowest BCUT2D eigenvalue weighted by Crippen LogP contribution is -2.26. The van der Waals surface area contributed by atoms with Crippen molar-refractivity contribution in [2.75, 3.05) is 0 Å². The molecule has 0 amide bonds. The molecule has 0 fully saturated rings. The van der Waals surface area contributed by atoms with Crippen LogP contribution in [0.1, 0.15) is 26.3 Å². The van der Waals surface area contributed by atoms with E-state index >= 15 is 0 Å². The van der Waals surface area contributed by atoms with E-state index in [2.05, 4.69) is 24.0 Å². The van der Waals surface area contributed by atoms with Crippen molar-refractivity contribution in [1.29, 1.82) is 0 Å². The number of carbonyl (C=O) groups excluding carboxylic acids is 1. The lowest BCUT2D eigenvalue weighted by Gasteiger charge is -2.09. The van der Waals surface area contributed by atoms with Crippen LogP contribution in [0.25, 0.3) is 21.3 Å². The first-order valence-electron chi connectivity index (χ1n) is 8.25. The number of nitrogens with zero attached hydrogens (tertiary/aromatic N) is 2. The molecule has 0 spiro atoms. The molecule has 0 radical (unpaired) electrons. The first kappa shape index (κ1) is 17.4. The minimum atomic E-state index is -0.442. The molecule has 0 N–H and O–H groups in total. The first-order valence-corrected chi connectivity index (χ1v) is 9.13. The minimum Gasteiger partial charge on any atom is -0.462 e. The van der Waals surface area contributed by atoms with Crippen LogP contribution in [-0.4, -0.2) is 21.6 Å². The van der Waals surface area contributed by atoms with Crippen molar-refractivity contribution >= 4 is 27.5 Å². The lowest BCUT2D eigenvalue weighted by atomic mass is 10.0. The molecule has 6 heteroatoms. The van der Waals surface area contributed by atoms with Gasteiger partial charge >= 0.3 is 5.97 Å². The fourth-order valence-corrected chi connectivity index (χ4v) is 3.56. The van der Waals surface area contributed by atoms with Gasteiger partial charge in [0.05, 0.1) is 17.8 Å². The van der Waals surface area contributed by atoms with E-state index in [0.29, 0.717) is 10.2 Å². The molecule has 0 aliphatic rings. The zero-order chi connectivity index (χ0) is 18.0. The van der Waals surface area contributed by atoms with Gasteiger partial charge in [0.15, 0.2) is 0 Å². The highest BCUT2D eigenvalue weighted by Gasteiger charge is 2.15. The van der Waals surface area contributed by atoms with E-state index in [4.69, 9.17) is 4.74 Å². The number of thiophene rings is 1. The second-order valence-corrected chi connectivity index (χ2v) is 6.95. The standard InChI is InChI=1S/C19H20N2O3S/c1-4-13-5-7-14(8-6-13)15-10-25-18-17(15)19(23)21(11-20-18)9-16(22)24-12(2)3/h5-8,10-12H,4,9H2,1-3H3. The molecular formula is C19H20N2O3S. The molecule has 130 valence electrons. The molecule has 0 bridgehead atoms. The van der Waals surface area contributed by atoms with Crippen LogP contribution in [0, 0.1) is 0 Å². The van der Waals surface area contributed by atoms with Crippen molar-refractivity contribution < 1.29 is 9.53 Å². The number of ether oxygens (including phenoxy) is 1. The Labute approximate surface area is 149 Å². The second kappa shape index (κ2) is 7.19. The van der Waals surface area contributed by atoms with Crippen LogP contribution >= 0.6 is 11.3 Å². The Bertz CT molecular complexity index is 955. The number of hydrogen-bond donors (Lipinski definition) is 0. The summed E-state index contributed by atoms with van der Waals surface area (Å²) in [4.78, 5) is 29.7. The number of esters is 1. The number of benzene rings is 1. The maximum atomic E-state index is 12.8. The summed E-state index contributed by atoms with van der Waals surface area (Å²) in [5.74, 6) is -0.442. The molecule has 0 aliphatic carbocycles. The highest BCUT2D eigenvalue weighted by molar-refractivity contribution is 7.17. The Morgan fingerprint density at radius 1 is 1.28 bits per heavy atom. The van der Waals surface area contributed by atoms with Crippen LogP contribution in [0.5, 0.6) is 0 Å². The summed E-state index contributed by atoms with van der Waals surface area (Å²) < 4.78 is 6.43. The highest BCUT2D eigenvalue weighted by atomic mass is 32.1. The fourth-order valence-electron chi connectivity index (χ4n) is 2.65. The number of hydrogen-bond acceptors (Lipinski definition) is 5. The Hall–Kier alpha value is -2.47. The summed E-state index contributed by atoms with van der Waals surface area (Å²) >= 11 is 1.43. The van der Waals surface area contributed by atoms with E-state index in [1.807, 2.05) is 17.5 Å². The van der Waals surface area contributed by atoms with E-state index in [1.165, 1.54) is 27.8 Å². The summed E-state index contributed by atoms with van der Waals surface area (Å²) in [6.07, 6.45) is 2.16. The maximum Gasteiger partial charge on any atom is 0.326 e. The van der Waals surface area contributed by atoms with E-state index in [-0.39, 0.29) is 18.2 Å². The summed E-state index contributed by atoms with van der Waals surface area (Å²) in [5, 5.41) is 2.49. The van der Waals surface area contributed by atoms with Crippen LogP contribution in [0.4, 0.5) is 0 Å². The molecule has 0 saturated carbocycles. The number of carbonyl (C=O) groups is 1. The van der Waals surface area contributed by atoms with Gasteiger partial charge in [-0.1, -0.05) is 31.2 Å². The van der Waals surface area contributed by atoms with Gasteiger partial charge in [0.2, 0.25) is 0 Å². The normalized spacial score (nSPS) is 11.2. The van der Waals surface area contributed by atoms with Gasteiger partial charge in [0, 0.05) is 10.9 Å². The minimum absolute atomic E-state index is 0.135. The third kappa shape index (κ3) is 3.64. The largest absolute Gasteiger partial charge is 0.462 e. The molecule has 0 saturated heterocycles. The van der Waals surface area contributed by atoms with Gasteiger partial charge in [-0.15, -0.1) is 11.3 Å². The SMILES string of the molecule is CCc1ccc(-c2csc3ncn(CC(=O)OC(C)C)c(=O)c23)cc1. The summed E-state index contributed by atoms with van der Waals surface area (Å²) in [6.45, 7) is 5.52. The van der Waals surface area contributed by atoms with Gasteiger partial charge in [-0.05, 0) is 31.4 Å². The van der Waals surface area contributed by atoms with E-state index in [1.54, 1.807) is 13.8 Å². The topological polar surface area (TPSA) is 61.2 Å². The van der Waals surface area contributed by atoms with E-state index in [0.717, 1.165) is 17.5 Å². The fraction of sp³-hybridized carbons (Fsp3) is 0.316. The van der Waals surface area contributed by atoms with Crippen molar-refractivity contribution in [2.45, 2.75) is 39.8 Å². The number of aryl methyl sites for hydroxylation is 1. The van der Waals surface area contributed by atoms with Gasteiger partial charge in [0.1, 0.15) is 11.4 Å². The van der Waals surface area contributed by atoms with E-state index < -0.39 is 5.97 Å². The summed E-state index contributed by atoms with van der Waals surface area (Å²) in [6, 6.07) is 8.16. The molecule has 2 heterocycles. The number of aromatic nitrogens is 2.